The van der Waals surface area contributed by atoms with Crippen LogP contribution in [0.3, 0.4) is 0 Å². The first-order valence-corrected chi connectivity index (χ1v) is 7.05. The Labute approximate surface area is 128 Å². The molecule has 0 aliphatic rings. The third-order valence-corrected chi connectivity index (χ3v) is 3.25. The summed E-state index contributed by atoms with van der Waals surface area (Å²) in [5, 5.41) is 2.81. The molecule has 0 saturated carbocycles. The fourth-order valence-electron chi connectivity index (χ4n) is 2.17. The zero-order valence-electron chi connectivity index (χ0n) is 12.5. The Kier molecular flexibility index (Phi) is 3.78. The summed E-state index contributed by atoms with van der Waals surface area (Å²) < 4.78 is 7.34. The second-order valence-electron chi connectivity index (χ2n) is 5.22. The van der Waals surface area contributed by atoms with E-state index in [0.29, 0.717) is 11.4 Å². The lowest BCUT2D eigenvalue weighted by atomic mass is 10.2. The van der Waals surface area contributed by atoms with Crippen LogP contribution in [0.25, 0.3) is 5.65 Å². The number of rotatable bonds is 4. The van der Waals surface area contributed by atoms with E-state index >= 15 is 0 Å². The number of amides is 1. The summed E-state index contributed by atoms with van der Waals surface area (Å²) in [6.45, 7) is 3.91. The lowest BCUT2D eigenvalue weighted by Crippen LogP contribution is -2.20. The highest BCUT2D eigenvalue weighted by Crippen LogP contribution is 2.13. The Bertz CT molecular complexity index is 806. The van der Waals surface area contributed by atoms with Crippen molar-refractivity contribution < 1.29 is 9.53 Å². The summed E-state index contributed by atoms with van der Waals surface area (Å²) in [6.07, 6.45) is 3.74. The summed E-state index contributed by atoms with van der Waals surface area (Å²) in [7, 11) is 0. The minimum atomic E-state index is -0.197. The minimum absolute atomic E-state index is 0.0238. The summed E-state index contributed by atoms with van der Waals surface area (Å²) in [5.41, 5.74) is 3.65. The van der Waals surface area contributed by atoms with Crippen LogP contribution in [0.2, 0.25) is 0 Å². The van der Waals surface area contributed by atoms with E-state index in [1.54, 1.807) is 0 Å². The van der Waals surface area contributed by atoms with Gasteiger partial charge in [0, 0.05) is 12.4 Å². The molecule has 22 heavy (non-hydrogen) atoms. The molecular weight excluding hydrogens is 278 g/mol. The quantitative estimate of drug-likeness (QED) is 0.805. The summed E-state index contributed by atoms with van der Waals surface area (Å²) in [5.74, 6) is 0.484. The van der Waals surface area contributed by atoms with Crippen molar-refractivity contribution >= 4 is 17.2 Å². The van der Waals surface area contributed by atoms with Gasteiger partial charge < -0.3 is 14.5 Å². The Morgan fingerprint density at radius 1 is 1.14 bits per heavy atom. The molecule has 0 unspecified atom stereocenters. The van der Waals surface area contributed by atoms with Gasteiger partial charge in [0.15, 0.2) is 6.61 Å². The number of benzene rings is 1. The first-order chi connectivity index (χ1) is 10.6. The van der Waals surface area contributed by atoms with Gasteiger partial charge in [0.25, 0.3) is 5.91 Å². The molecule has 112 valence electrons. The number of carbonyl (C=O) groups is 1. The fourth-order valence-corrected chi connectivity index (χ4v) is 2.17. The third-order valence-electron chi connectivity index (χ3n) is 3.25. The van der Waals surface area contributed by atoms with Crippen LogP contribution in [0.15, 0.2) is 48.8 Å². The first-order valence-electron chi connectivity index (χ1n) is 7.05. The number of hydrogen-bond acceptors (Lipinski definition) is 3. The van der Waals surface area contributed by atoms with Crippen LogP contribution in [-0.4, -0.2) is 21.9 Å². The zero-order valence-corrected chi connectivity index (χ0v) is 12.5. The molecule has 3 rings (SSSR count). The minimum Gasteiger partial charge on any atom is -0.484 e. The Morgan fingerprint density at radius 2 is 1.91 bits per heavy atom. The number of pyridine rings is 1. The van der Waals surface area contributed by atoms with Crippen LogP contribution in [0, 0.1) is 13.8 Å². The van der Waals surface area contributed by atoms with E-state index in [2.05, 4.69) is 10.3 Å². The number of carbonyl (C=O) groups excluding carboxylic acids is 1. The van der Waals surface area contributed by atoms with Gasteiger partial charge in [-0.15, -0.1) is 0 Å². The highest BCUT2D eigenvalue weighted by Gasteiger charge is 2.05. The summed E-state index contributed by atoms with van der Waals surface area (Å²) >= 11 is 0. The smallest absolute Gasteiger partial charge is 0.262 e. The molecule has 3 aromatic rings. The van der Waals surface area contributed by atoms with Crippen LogP contribution in [0.5, 0.6) is 5.75 Å². The maximum absolute atomic E-state index is 11.9. The van der Waals surface area contributed by atoms with Gasteiger partial charge in [0.2, 0.25) is 0 Å². The normalized spacial score (nSPS) is 10.6. The van der Waals surface area contributed by atoms with Crippen molar-refractivity contribution in [2.75, 3.05) is 11.9 Å². The summed E-state index contributed by atoms with van der Waals surface area (Å²) in [4.78, 5) is 16.3. The molecule has 0 spiro atoms. The maximum atomic E-state index is 11.9. The van der Waals surface area contributed by atoms with Crippen molar-refractivity contribution in [3.8, 4) is 5.75 Å². The monoisotopic (exact) mass is 295 g/mol. The van der Waals surface area contributed by atoms with Crippen molar-refractivity contribution in [1.82, 2.24) is 9.38 Å². The van der Waals surface area contributed by atoms with E-state index in [1.165, 1.54) is 0 Å². The van der Waals surface area contributed by atoms with Crippen molar-refractivity contribution in [2.45, 2.75) is 13.8 Å². The SMILES string of the molecule is Cc1ccc(OCC(=O)Nc2ccc3nc(C)cn3c2)cc1. The molecular formula is C17H17N3O2. The highest BCUT2D eigenvalue weighted by molar-refractivity contribution is 5.91. The molecule has 5 nitrogen and oxygen atoms in total. The molecule has 1 N–H and O–H groups in total. The second-order valence-corrected chi connectivity index (χ2v) is 5.22. The average Bonchev–Trinajstić information content (AvgIpc) is 2.86. The van der Waals surface area contributed by atoms with Gasteiger partial charge in [-0.3, -0.25) is 4.79 Å². The van der Waals surface area contributed by atoms with Crippen molar-refractivity contribution in [1.29, 1.82) is 0 Å². The van der Waals surface area contributed by atoms with Crippen LogP contribution >= 0.6 is 0 Å². The van der Waals surface area contributed by atoms with Gasteiger partial charge in [-0.05, 0) is 38.1 Å². The largest absolute Gasteiger partial charge is 0.484 e. The van der Waals surface area contributed by atoms with Crippen LogP contribution in [-0.2, 0) is 4.79 Å². The van der Waals surface area contributed by atoms with Gasteiger partial charge >= 0.3 is 0 Å². The topological polar surface area (TPSA) is 55.6 Å². The second kappa shape index (κ2) is 5.89. The van der Waals surface area contributed by atoms with Gasteiger partial charge in [0.05, 0.1) is 11.4 Å². The van der Waals surface area contributed by atoms with Crippen LogP contribution < -0.4 is 10.1 Å². The molecule has 2 heterocycles. The van der Waals surface area contributed by atoms with E-state index in [0.717, 1.165) is 16.9 Å². The first kappa shape index (κ1) is 14.1. The Morgan fingerprint density at radius 3 is 2.68 bits per heavy atom. The molecule has 0 radical (unpaired) electrons. The number of nitrogens with zero attached hydrogens (tertiary/aromatic N) is 2. The van der Waals surface area contributed by atoms with Crippen molar-refractivity contribution in [2.24, 2.45) is 0 Å². The summed E-state index contributed by atoms with van der Waals surface area (Å²) in [6, 6.07) is 11.3. The Balaban J connectivity index is 1.61. The molecule has 0 aliphatic heterocycles. The molecule has 5 heteroatoms. The number of imidazole rings is 1. The molecule has 0 atom stereocenters. The van der Waals surface area contributed by atoms with E-state index in [4.69, 9.17) is 4.74 Å². The van der Waals surface area contributed by atoms with Crippen LogP contribution in [0.4, 0.5) is 5.69 Å². The van der Waals surface area contributed by atoms with Gasteiger partial charge in [-0.25, -0.2) is 4.98 Å². The van der Waals surface area contributed by atoms with Crippen molar-refractivity contribution in [3.05, 3.63) is 60.0 Å². The van der Waals surface area contributed by atoms with Crippen LogP contribution in [0.1, 0.15) is 11.3 Å². The van der Waals surface area contributed by atoms with E-state index in [9.17, 15) is 4.79 Å². The van der Waals surface area contributed by atoms with E-state index in [-0.39, 0.29) is 12.5 Å². The van der Waals surface area contributed by atoms with Gasteiger partial charge in [-0.2, -0.15) is 0 Å². The molecule has 0 saturated heterocycles. The maximum Gasteiger partial charge on any atom is 0.262 e. The molecule has 2 aromatic heterocycles. The lowest BCUT2D eigenvalue weighted by Gasteiger charge is -2.08. The predicted octanol–water partition coefficient (Wildman–Crippen LogP) is 2.97. The zero-order chi connectivity index (χ0) is 15.5. The van der Waals surface area contributed by atoms with E-state index in [1.807, 2.05) is 67.0 Å². The average molecular weight is 295 g/mol. The molecule has 1 aromatic carbocycles. The lowest BCUT2D eigenvalue weighted by molar-refractivity contribution is -0.118. The fraction of sp³-hybridized carbons (Fsp3) is 0.176. The molecule has 0 fully saturated rings. The van der Waals surface area contributed by atoms with Gasteiger partial charge in [0.1, 0.15) is 11.4 Å². The third kappa shape index (κ3) is 3.25. The number of fused-ring (bicyclic) bond motifs is 1. The van der Waals surface area contributed by atoms with E-state index < -0.39 is 0 Å². The number of hydrogen-bond donors (Lipinski definition) is 1. The number of nitrogens with one attached hydrogen (secondary N) is 1. The predicted molar refractivity (Wildman–Crippen MR) is 85.2 cm³/mol. The highest BCUT2D eigenvalue weighted by atomic mass is 16.5. The van der Waals surface area contributed by atoms with Gasteiger partial charge in [-0.1, -0.05) is 17.7 Å². The Hall–Kier alpha value is -2.82. The number of ether oxygens (including phenoxy) is 1. The number of anilines is 1. The number of aromatic nitrogens is 2. The standard InChI is InChI=1S/C17H17N3O2/c1-12-3-6-15(7-4-12)22-11-17(21)19-14-5-8-16-18-13(2)9-20(16)10-14/h3-10H,11H2,1-2H3,(H,19,21). The number of aryl methyl sites for hydroxylation is 2. The molecule has 0 aliphatic carbocycles. The molecule has 1 amide bonds. The molecule has 0 bridgehead atoms. The van der Waals surface area contributed by atoms with Crippen molar-refractivity contribution in [3.63, 3.8) is 0 Å².